The van der Waals surface area contributed by atoms with E-state index in [0.717, 1.165) is 35.0 Å². The molecule has 92 valence electrons. The van der Waals surface area contributed by atoms with Crippen LogP contribution in [-0.2, 0) is 6.42 Å². The summed E-state index contributed by atoms with van der Waals surface area (Å²) in [5.41, 5.74) is 7.44. The Morgan fingerprint density at radius 1 is 1.22 bits per heavy atom. The van der Waals surface area contributed by atoms with Gasteiger partial charge >= 0.3 is 0 Å². The number of imidazole rings is 1. The number of nitrogens with zero attached hydrogens (tertiary/aromatic N) is 2. The van der Waals surface area contributed by atoms with Gasteiger partial charge in [0.05, 0.1) is 5.69 Å². The van der Waals surface area contributed by atoms with Crippen molar-refractivity contribution in [3.63, 3.8) is 0 Å². The Bertz CT molecular complexity index is 703. The van der Waals surface area contributed by atoms with Gasteiger partial charge in [0, 0.05) is 23.2 Å². The highest BCUT2D eigenvalue weighted by Crippen LogP contribution is 2.27. The molecule has 3 rings (SSSR count). The van der Waals surface area contributed by atoms with Gasteiger partial charge in [-0.3, -0.25) is 0 Å². The molecule has 0 aliphatic rings. The van der Waals surface area contributed by atoms with Gasteiger partial charge in [0.25, 0.3) is 0 Å². The molecule has 3 N–H and O–H groups in total. The zero-order valence-electron chi connectivity index (χ0n) is 10.0. The highest BCUT2D eigenvalue weighted by atomic mass is 16.3. The molecule has 18 heavy (non-hydrogen) atoms. The van der Waals surface area contributed by atoms with Crippen LogP contribution in [0.1, 0.15) is 12.1 Å². The summed E-state index contributed by atoms with van der Waals surface area (Å²) in [5, 5.41) is 11.6. The Morgan fingerprint density at radius 3 is 2.94 bits per heavy atom. The van der Waals surface area contributed by atoms with E-state index < -0.39 is 0 Å². The third kappa shape index (κ3) is 1.71. The summed E-state index contributed by atoms with van der Waals surface area (Å²) in [5.74, 6) is 0.293. The van der Waals surface area contributed by atoms with E-state index in [1.807, 2.05) is 35.0 Å². The van der Waals surface area contributed by atoms with Crippen LogP contribution in [0.15, 0.2) is 36.7 Å². The standard InChI is InChI=1S/C14H15N3O/c15-7-2-3-10-9-17-8-6-11-12(14(17)16-10)4-1-5-13(11)18/h1,4-6,8-9,18H,2-3,7,15H2. The van der Waals surface area contributed by atoms with Crippen molar-refractivity contribution in [2.24, 2.45) is 5.73 Å². The van der Waals surface area contributed by atoms with Crippen molar-refractivity contribution in [1.82, 2.24) is 9.38 Å². The fourth-order valence-corrected chi connectivity index (χ4v) is 2.24. The van der Waals surface area contributed by atoms with Crippen LogP contribution >= 0.6 is 0 Å². The summed E-state index contributed by atoms with van der Waals surface area (Å²) >= 11 is 0. The van der Waals surface area contributed by atoms with Crippen molar-refractivity contribution in [3.05, 3.63) is 42.4 Å². The first-order valence-corrected chi connectivity index (χ1v) is 6.08. The number of benzene rings is 1. The van der Waals surface area contributed by atoms with Gasteiger partial charge in [0.2, 0.25) is 0 Å². The Kier molecular flexibility index (Phi) is 2.64. The molecule has 0 atom stereocenters. The largest absolute Gasteiger partial charge is 0.507 e. The highest BCUT2D eigenvalue weighted by molar-refractivity contribution is 5.97. The van der Waals surface area contributed by atoms with Gasteiger partial charge in [-0.05, 0) is 31.5 Å². The first-order valence-electron chi connectivity index (χ1n) is 6.08. The molecule has 2 aromatic heterocycles. The maximum Gasteiger partial charge on any atom is 0.145 e. The number of phenolic OH excluding ortho intramolecular Hbond substituents is 1. The summed E-state index contributed by atoms with van der Waals surface area (Å²) in [7, 11) is 0. The lowest BCUT2D eigenvalue weighted by Crippen LogP contribution is -2.00. The van der Waals surface area contributed by atoms with Gasteiger partial charge in [-0.2, -0.15) is 0 Å². The van der Waals surface area contributed by atoms with Gasteiger partial charge < -0.3 is 15.2 Å². The Hall–Kier alpha value is -2.07. The number of rotatable bonds is 3. The van der Waals surface area contributed by atoms with Crippen molar-refractivity contribution < 1.29 is 5.11 Å². The minimum absolute atomic E-state index is 0.293. The minimum Gasteiger partial charge on any atom is -0.507 e. The average molecular weight is 241 g/mol. The van der Waals surface area contributed by atoms with Crippen LogP contribution in [0.5, 0.6) is 5.75 Å². The molecule has 3 aromatic rings. The third-order valence-electron chi connectivity index (χ3n) is 3.15. The molecule has 0 saturated heterocycles. The lowest BCUT2D eigenvalue weighted by atomic mass is 10.1. The van der Waals surface area contributed by atoms with E-state index in [-0.39, 0.29) is 0 Å². The summed E-state index contributed by atoms with van der Waals surface area (Å²) < 4.78 is 1.99. The van der Waals surface area contributed by atoms with Crippen LogP contribution in [0.3, 0.4) is 0 Å². The number of aryl methyl sites for hydroxylation is 1. The maximum atomic E-state index is 9.83. The molecule has 0 bridgehead atoms. The molecule has 0 unspecified atom stereocenters. The molecule has 0 fully saturated rings. The first kappa shape index (κ1) is 11.0. The summed E-state index contributed by atoms with van der Waals surface area (Å²) in [6, 6.07) is 7.42. The SMILES string of the molecule is NCCCc1cn2ccc3c(O)cccc3c2n1. The van der Waals surface area contributed by atoms with E-state index in [1.165, 1.54) is 0 Å². The molecule has 0 radical (unpaired) electrons. The summed E-state index contributed by atoms with van der Waals surface area (Å²) in [6.45, 7) is 0.676. The third-order valence-corrected chi connectivity index (χ3v) is 3.15. The van der Waals surface area contributed by atoms with Gasteiger partial charge in [0.1, 0.15) is 11.4 Å². The van der Waals surface area contributed by atoms with Crippen LogP contribution in [0.4, 0.5) is 0 Å². The monoisotopic (exact) mass is 241 g/mol. The number of fused-ring (bicyclic) bond motifs is 3. The molecule has 0 spiro atoms. The lowest BCUT2D eigenvalue weighted by Gasteiger charge is -2.01. The molecule has 0 amide bonds. The van der Waals surface area contributed by atoms with Gasteiger partial charge in [-0.1, -0.05) is 12.1 Å². The molecule has 0 aliphatic heterocycles. The van der Waals surface area contributed by atoms with E-state index in [4.69, 9.17) is 5.73 Å². The number of nitrogens with two attached hydrogens (primary N) is 1. The van der Waals surface area contributed by atoms with Crippen molar-refractivity contribution >= 4 is 16.4 Å². The van der Waals surface area contributed by atoms with Crippen molar-refractivity contribution in [2.75, 3.05) is 6.54 Å². The van der Waals surface area contributed by atoms with Crippen molar-refractivity contribution in [2.45, 2.75) is 12.8 Å². The normalized spacial score (nSPS) is 11.4. The Morgan fingerprint density at radius 2 is 2.11 bits per heavy atom. The fourth-order valence-electron chi connectivity index (χ4n) is 2.24. The second-order valence-electron chi connectivity index (χ2n) is 4.41. The number of aromatic hydroxyl groups is 1. The van der Waals surface area contributed by atoms with Gasteiger partial charge in [0.15, 0.2) is 0 Å². The number of hydrogen-bond donors (Lipinski definition) is 2. The topological polar surface area (TPSA) is 63.5 Å². The average Bonchev–Trinajstić information content (AvgIpc) is 2.80. The van der Waals surface area contributed by atoms with Crippen LogP contribution in [0.2, 0.25) is 0 Å². The minimum atomic E-state index is 0.293. The zero-order valence-corrected chi connectivity index (χ0v) is 10.0. The first-order chi connectivity index (χ1) is 8.79. The number of aromatic nitrogens is 2. The summed E-state index contributed by atoms with van der Waals surface area (Å²) in [4.78, 5) is 4.62. The predicted octanol–water partition coefficient (Wildman–Crippen LogP) is 2.08. The molecule has 0 aliphatic carbocycles. The molecule has 1 aromatic carbocycles. The van der Waals surface area contributed by atoms with Gasteiger partial charge in [-0.25, -0.2) is 4.98 Å². The molecule has 0 saturated carbocycles. The fraction of sp³-hybridized carbons (Fsp3) is 0.214. The highest BCUT2D eigenvalue weighted by Gasteiger charge is 2.07. The zero-order chi connectivity index (χ0) is 12.5. The summed E-state index contributed by atoms with van der Waals surface area (Å²) in [6.07, 6.45) is 5.77. The van der Waals surface area contributed by atoms with Crippen LogP contribution in [-0.4, -0.2) is 21.0 Å². The second-order valence-corrected chi connectivity index (χ2v) is 4.41. The van der Waals surface area contributed by atoms with Crippen LogP contribution in [0, 0.1) is 0 Å². The smallest absolute Gasteiger partial charge is 0.145 e. The molecule has 4 heteroatoms. The predicted molar refractivity (Wildman–Crippen MR) is 71.7 cm³/mol. The van der Waals surface area contributed by atoms with Crippen LogP contribution < -0.4 is 5.73 Å². The number of pyridine rings is 1. The van der Waals surface area contributed by atoms with Gasteiger partial charge in [-0.15, -0.1) is 0 Å². The van der Waals surface area contributed by atoms with Crippen LogP contribution in [0.25, 0.3) is 16.4 Å². The Balaban J connectivity index is 2.20. The quantitative estimate of drug-likeness (QED) is 0.738. The Labute approximate surface area is 105 Å². The molecular formula is C14H15N3O. The van der Waals surface area contributed by atoms with Crippen molar-refractivity contribution in [1.29, 1.82) is 0 Å². The van der Waals surface area contributed by atoms with E-state index in [1.54, 1.807) is 6.07 Å². The van der Waals surface area contributed by atoms with E-state index in [9.17, 15) is 5.11 Å². The number of hydrogen-bond acceptors (Lipinski definition) is 3. The molecule has 2 heterocycles. The van der Waals surface area contributed by atoms with E-state index in [2.05, 4.69) is 4.98 Å². The number of phenols is 1. The lowest BCUT2D eigenvalue weighted by molar-refractivity contribution is 0.481. The molecule has 4 nitrogen and oxygen atoms in total. The van der Waals surface area contributed by atoms with E-state index >= 15 is 0 Å². The second kappa shape index (κ2) is 4.31. The maximum absolute atomic E-state index is 9.83. The molecular weight excluding hydrogens is 226 g/mol. The van der Waals surface area contributed by atoms with E-state index in [0.29, 0.717) is 12.3 Å². The van der Waals surface area contributed by atoms with Crippen molar-refractivity contribution in [3.8, 4) is 5.75 Å².